The highest BCUT2D eigenvalue weighted by molar-refractivity contribution is 6.31. The van der Waals surface area contributed by atoms with Crippen LogP contribution >= 0.6 is 11.6 Å². The summed E-state index contributed by atoms with van der Waals surface area (Å²) >= 11 is 6.04. The number of nitrogens with one attached hydrogen (secondary N) is 1. The fourth-order valence-corrected chi connectivity index (χ4v) is 4.99. The summed E-state index contributed by atoms with van der Waals surface area (Å²) in [4.78, 5) is 26.4. The van der Waals surface area contributed by atoms with Crippen LogP contribution in [0.4, 0.5) is 10.1 Å². The van der Waals surface area contributed by atoms with Gasteiger partial charge in [-0.2, -0.15) is 0 Å². The molecule has 0 fully saturated rings. The first kappa shape index (κ1) is 22.0. The van der Waals surface area contributed by atoms with Gasteiger partial charge in [0.1, 0.15) is 12.1 Å². The Labute approximate surface area is 187 Å². The predicted octanol–water partition coefficient (Wildman–Crippen LogP) is 4.54. The number of rotatable bonds is 10. The summed E-state index contributed by atoms with van der Waals surface area (Å²) in [6, 6.07) is 8.47. The molecule has 2 aliphatic rings. The molecule has 164 valence electrons. The molecule has 0 saturated heterocycles. The van der Waals surface area contributed by atoms with Crippen LogP contribution in [0.2, 0.25) is 5.02 Å². The number of aldehydes is 1. The number of nitrogens with zero attached hydrogens (tertiary/aromatic N) is 1. The molecular formula is C25H28ClFN2O2. The number of carbonyl (C=O) groups excluding carboxylic acids is 2. The molecule has 0 amide bonds. The lowest BCUT2D eigenvalue weighted by Gasteiger charge is -2.30. The van der Waals surface area contributed by atoms with E-state index in [4.69, 9.17) is 11.6 Å². The zero-order valence-electron chi connectivity index (χ0n) is 17.6. The second-order valence-corrected chi connectivity index (χ2v) is 8.87. The molecule has 0 aliphatic carbocycles. The number of benzene rings is 2. The van der Waals surface area contributed by atoms with Crippen LogP contribution in [0.25, 0.3) is 0 Å². The van der Waals surface area contributed by atoms with E-state index in [1.54, 1.807) is 6.07 Å². The monoisotopic (exact) mass is 442 g/mol. The van der Waals surface area contributed by atoms with Gasteiger partial charge in [-0.1, -0.05) is 17.7 Å². The Balaban J connectivity index is 1.22. The van der Waals surface area contributed by atoms with Crippen LogP contribution in [0, 0.1) is 5.82 Å². The van der Waals surface area contributed by atoms with Crippen molar-refractivity contribution in [3.63, 3.8) is 0 Å². The summed E-state index contributed by atoms with van der Waals surface area (Å²) in [6.45, 7) is 2.52. The molecule has 1 N–H and O–H groups in total. The molecule has 31 heavy (non-hydrogen) atoms. The smallest absolute Gasteiger partial charge is 0.162 e. The maximum absolute atomic E-state index is 13.1. The maximum atomic E-state index is 13.1. The Morgan fingerprint density at radius 2 is 2.03 bits per heavy atom. The first-order valence-electron chi connectivity index (χ1n) is 11.1. The first-order chi connectivity index (χ1) is 15.1. The number of hydrogen-bond donors (Lipinski definition) is 1. The normalized spacial score (nSPS) is 17.0. The molecule has 0 saturated carbocycles. The van der Waals surface area contributed by atoms with Gasteiger partial charge in [0, 0.05) is 35.7 Å². The minimum atomic E-state index is -0.320. The molecule has 0 bridgehead atoms. The topological polar surface area (TPSA) is 49.4 Å². The Morgan fingerprint density at radius 3 is 2.84 bits per heavy atom. The van der Waals surface area contributed by atoms with Crippen LogP contribution in [-0.2, 0) is 24.1 Å². The predicted molar refractivity (Wildman–Crippen MR) is 122 cm³/mol. The second-order valence-electron chi connectivity index (χ2n) is 8.46. The van der Waals surface area contributed by atoms with Gasteiger partial charge in [0.15, 0.2) is 5.78 Å². The molecular weight excluding hydrogens is 415 g/mol. The van der Waals surface area contributed by atoms with E-state index in [-0.39, 0.29) is 17.6 Å². The minimum absolute atomic E-state index is 0.0738. The molecule has 2 heterocycles. The highest BCUT2D eigenvalue weighted by atomic mass is 35.5. The Bertz CT molecular complexity index is 978. The van der Waals surface area contributed by atoms with E-state index in [1.807, 2.05) is 12.1 Å². The lowest BCUT2D eigenvalue weighted by molar-refractivity contribution is -0.108. The highest BCUT2D eigenvalue weighted by Crippen LogP contribution is 2.39. The number of halogens is 2. The van der Waals surface area contributed by atoms with Gasteiger partial charge >= 0.3 is 0 Å². The number of Topliss-reactive ketones (excluding diaryl/α,β-unsaturated/α-hetero) is 1. The van der Waals surface area contributed by atoms with Crippen molar-refractivity contribution in [1.82, 2.24) is 5.32 Å². The van der Waals surface area contributed by atoms with Gasteiger partial charge in [0.25, 0.3) is 0 Å². The Kier molecular flexibility index (Phi) is 7.03. The van der Waals surface area contributed by atoms with Gasteiger partial charge < -0.3 is 15.0 Å². The third-order valence-electron chi connectivity index (χ3n) is 6.30. The third-order valence-corrected chi connectivity index (χ3v) is 6.65. The molecule has 4 nitrogen and oxygen atoms in total. The van der Waals surface area contributed by atoms with Gasteiger partial charge in [-0.25, -0.2) is 4.39 Å². The fourth-order valence-electron chi connectivity index (χ4n) is 4.73. The zero-order chi connectivity index (χ0) is 21.8. The molecule has 2 aliphatic heterocycles. The number of anilines is 1. The van der Waals surface area contributed by atoms with Crippen molar-refractivity contribution in [3.05, 3.63) is 63.4 Å². The van der Waals surface area contributed by atoms with Crippen LogP contribution in [0.3, 0.4) is 0 Å². The van der Waals surface area contributed by atoms with Gasteiger partial charge in [-0.15, -0.1) is 0 Å². The van der Waals surface area contributed by atoms with Gasteiger partial charge in [-0.05, 0) is 86.1 Å². The van der Waals surface area contributed by atoms with Gasteiger partial charge in [0.2, 0.25) is 0 Å². The van der Waals surface area contributed by atoms with Gasteiger partial charge in [0.05, 0.1) is 6.04 Å². The standard InChI is InChI=1S/C25H28ClFN2O2/c26-23-15-21(27)7-6-17(23)8-10-28-9-2-1-5-24(31)19-12-18-4-3-11-29-22(16-30)14-20(13-19)25(18)29/h6-7,12-13,15-16,22,28H,1-5,8-11,14H2. The Morgan fingerprint density at radius 1 is 1.19 bits per heavy atom. The van der Waals surface area contributed by atoms with Crippen LogP contribution in [0.5, 0.6) is 0 Å². The molecule has 4 rings (SSSR count). The molecule has 2 aromatic rings. The van der Waals surface area contributed by atoms with Crippen molar-refractivity contribution >= 4 is 29.4 Å². The second kappa shape index (κ2) is 9.92. The van der Waals surface area contributed by atoms with Crippen molar-refractivity contribution in [2.24, 2.45) is 0 Å². The summed E-state index contributed by atoms with van der Waals surface area (Å²) in [5.74, 6) is -0.135. The average Bonchev–Trinajstić information content (AvgIpc) is 3.13. The summed E-state index contributed by atoms with van der Waals surface area (Å²) in [7, 11) is 0. The Hall–Kier alpha value is -2.24. The molecule has 1 atom stereocenters. The summed E-state index contributed by atoms with van der Waals surface area (Å²) < 4.78 is 13.1. The summed E-state index contributed by atoms with van der Waals surface area (Å²) in [6.07, 6.45) is 6.79. The van der Waals surface area contributed by atoms with E-state index in [0.717, 1.165) is 81.1 Å². The number of unbranched alkanes of at least 4 members (excludes halogenated alkanes) is 1. The zero-order valence-corrected chi connectivity index (χ0v) is 18.4. The third kappa shape index (κ3) is 4.99. The number of hydrogen-bond acceptors (Lipinski definition) is 4. The van der Waals surface area contributed by atoms with E-state index in [9.17, 15) is 14.0 Å². The maximum Gasteiger partial charge on any atom is 0.162 e. The van der Waals surface area contributed by atoms with E-state index in [1.165, 1.54) is 23.4 Å². The van der Waals surface area contributed by atoms with Gasteiger partial charge in [-0.3, -0.25) is 4.79 Å². The SMILES string of the molecule is O=CC1Cc2cc(C(=O)CCCCNCCc3ccc(F)cc3Cl)cc3c2N1CCC3. The molecule has 0 spiro atoms. The molecule has 2 aromatic carbocycles. The van der Waals surface area contributed by atoms with Crippen LogP contribution in [-0.4, -0.2) is 37.7 Å². The van der Waals surface area contributed by atoms with E-state index in [0.29, 0.717) is 11.4 Å². The van der Waals surface area contributed by atoms with Crippen LogP contribution in [0.15, 0.2) is 30.3 Å². The van der Waals surface area contributed by atoms with Crippen LogP contribution in [0.1, 0.15) is 52.7 Å². The molecule has 0 radical (unpaired) electrons. The molecule has 6 heteroatoms. The van der Waals surface area contributed by atoms with Crippen molar-refractivity contribution < 1.29 is 14.0 Å². The van der Waals surface area contributed by atoms with Crippen molar-refractivity contribution in [2.75, 3.05) is 24.5 Å². The van der Waals surface area contributed by atoms with Crippen molar-refractivity contribution in [1.29, 1.82) is 0 Å². The van der Waals surface area contributed by atoms with E-state index < -0.39 is 0 Å². The number of carbonyl (C=O) groups is 2. The van der Waals surface area contributed by atoms with Crippen molar-refractivity contribution in [3.8, 4) is 0 Å². The molecule has 0 aromatic heterocycles. The van der Waals surface area contributed by atoms with Crippen molar-refractivity contribution in [2.45, 2.75) is 51.0 Å². The largest absolute Gasteiger partial charge is 0.361 e. The number of aryl methyl sites for hydroxylation is 1. The first-order valence-corrected chi connectivity index (χ1v) is 11.5. The lowest BCUT2D eigenvalue weighted by Crippen LogP contribution is -2.36. The number of ketones is 1. The van der Waals surface area contributed by atoms with E-state index >= 15 is 0 Å². The molecule has 1 unspecified atom stereocenters. The van der Waals surface area contributed by atoms with Crippen LogP contribution < -0.4 is 10.2 Å². The summed E-state index contributed by atoms with van der Waals surface area (Å²) in [5.41, 5.74) is 5.30. The minimum Gasteiger partial charge on any atom is -0.361 e. The quantitative estimate of drug-likeness (QED) is 0.333. The average molecular weight is 443 g/mol. The highest BCUT2D eigenvalue weighted by Gasteiger charge is 2.33. The summed E-state index contributed by atoms with van der Waals surface area (Å²) in [5, 5.41) is 3.82. The fraction of sp³-hybridized carbons (Fsp3) is 0.440. The lowest BCUT2D eigenvalue weighted by atomic mass is 9.94. The van der Waals surface area contributed by atoms with E-state index in [2.05, 4.69) is 10.2 Å².